The molecule has 0 aliphatic heterocycles. The zero-order chi connectivity index (χ0) is 18.4. The number of aryl methyl sites for hydroxylation is 1. The summed E-state index contributed by atoms with van der Waals surface area (Å²) in [5, 5.41) is 13.9. The van der Waals surface area contributed by atoms with Gasteiger partial charge in [0.2, 0.25) is 0 Å². The molecule has 1 N–H and O–H groups in total. The maximum Gasteiger partial charge on any atom is 0.338 e. The Morgan fingerprint density at radius 2 is 2.04 bits per heavy atom. The minimum absolute atomic E-state index is 0.0111. The van der Waals surface area contributed by atoms with Gasteiger partial charge in [-0.3, -0.25) is 4.79 Å². The highest BCUT2D eigenvalue weighted by molar-refractivity contribution is 6.02. The molecule has 0 aliphatic rings. The first-order valence-electron chi connectivity index (χ1n) is 8.04. The standard InChI is InChI=1S/C17H17N5O4/c1-2-9-22-15(19-20-21-22)11-26-17(24)12-5-7-13(8-6-12)18-16(23)14-4-3-10-25-14/h3-8,10H,2,9,11H2,1H3,(H,18,23). The number of nitrogens with zero attached hydrogens (tertiary/aromatic N) is 4. The Bertz CT molecular complexity index is 871. The van der Waals surface area contributed by atoms with Crippen LogP contribution in [-0.2, 0) is 17.9 Å². The monoisotopic (exact) mass is 355 g/mol. The number of hydrogen-bond donors (Lipinski definition) is 1. The topological polar surface area (TPSA) is 112 Å². The number of furan rings is 1. The van der Waals surface area contributed by atoms with Crippen LogP contribution in [0.5, 0.6) is 0 Å². The lowest BCUT2D eigenvalue weighted by Crippen LogP contribution is -2.12. The Balaban J connectivity index is 1.56. The number of anilines is 1. The van der Waals surface area contributed by atoms with Crippen molar-refractivity contribution in [1.82, 2.24) is 20.2 Å². The van der Waals surface area contributed by atoms with Crippen molar-refractivity contribution in [3.05, 3.63) is 59.8 Å². The fourth-order valence-electron chi connectivity index (χ4n) is 2.22. The normalized spacial score (nSPS) is 10.5. The Hall–Kier alpha value is -3.49. The third-order valence-corrected chi connectivity index (χ3v) is 3.50. The number of amides is 1. The first kappa shape index (κ1) is 17.3. The minimum atomic E-state index is -0.500. The Labute approximate surface area is 148 Å². The van der Waals surface area contributed by atoms with Crippen LogP contribution in [0, 0.1) is 0 Å². The molecular weight excluding hydrogens is 338 g/mol. The zero-order valence-corrected chi connectivity index (χ0v) is 14.1. The summed E-state index contributed by atoms with van der Waals surface area (Å²) in [6.45, 7) is 2.65. The number of carbonyl (C=O) groups excluding carboxylic acids is 2. The molecule has 3 rings (SSSR count). The van der Waals surface area contributed by atoms with Gasteiger partial charge in [-0.2, -0.15) is 0 Å². The van der Waals surface area contributed by atoms with Gasteiger partial charge in [0.25, 0.3) is 5.91 Å². The van der Waals surface area contributed by atoms with E-state index < -0.39 is 5.97 Å². The largest absolute Gasteiger partial charge is 0.459 e. The van der Waals surface area contributed by atoms with Gasteiger partial charge in [-0.25, -0.2) is 9.48 Å². The first-order chi connectivity index (χ1) is 12.7. The van der Waals surface area contributed by atoms with Crippen LogP contribution >= 0.6 is 0 Å². The van der Waals surface area contributed by atoms with Gasteiger partial charge in [-0.15, -0.1) is 5.10 Å². The molecule has 0 unspecified atom stereocenters. The number of hydrogen-bond acceptors (Lipinski definition) is 7. The van der Waals surface area contributed by atoms with E-state index in [1.807, 2.05) is 6.92 Å². The van der Waals surface area contributed by atoms with Crippen molar-refractivity contribution in [2.75, 3.05) is 5.32 Å². The Morgan fingerprint density at radius 3 is 2.73 bits per heavy atom. The van der Waals surface area contributed by atoms with Crippen molar-refractivity contribution in [2.45, 2.75) is 26.5 Å². The van der Waals surface area contributed by atoms with E-state index in [0.717, 1.165) is 6.42 Å². The third kappa shape index (κ3) is 4.12. The molecule has 0 aliphatic carbocycles. The summed E-state index contributed by atoms with van der Waals surface area (Å²) in [6, 6.07) is 9.54. The summed E-state index contributed by atoms with van der Waals surface area (Å²) >= 11 is 0. The van der Waals surface area contributed by atoms with Crippen molar-refractivity contribution in [3.63, 3.8) is 0 Å². The molecule has 0 fully saturated rings. The van der Waals surface area contributed by atoms with Gasteiger partial charge >= 0.3 is 5.97 Å². The van der Waals surface area contributed by atoms with E-state index in [-0.39, 0.29) is 18.3 Å². The molecule has 0 spiro atoms. The predicted molar refractivity (Wildman–Crippen MR) is 90.3 cm³/mol. The molecule has 2 heterocycles. The van der Waals surface area contributed by atoms with Gasteiger partial charge in [0.05, 0.1) is 11.8 Å². The lowest BCUT2D eigenvalue weighted by Gasteiger charge is -2.07. The first-order valence-corrected chi connectivity index (χ1v) is 8.04. The summed E-state index contributed by atoms with van der Waals surface area (Å²) in [7, 11) is 0. The number of aromatic nitrogens is 4. The smallest absolute Gasteiger partial charge is 0.338 e. The number of benzene rings is 1. The second kappa shape index (κ2) is 8.06. The fraction of sp³-hybridized carbons (Fsp3) is 0.235. The van der Waals surface area contributed by atoms with Crippen LogP contribution in [0.15, 0.2) is 47.1 Å². The van der Waals surface area contributed by atoms with E-state index in [1.54, 1.807) is 41.1 Å². The van der Waals surface area contributed by atoms with Crippen LogP contribution in [0.3, 0.4) is 0 Å². The highest BCUT2D eigenvalue weighted by atomic mass is 16.5. The summed E-state index contributed by atoms with van der Waals surface area (Å²) in [5.74, 6) is -0.172. The van der Waals surface area contributed by atoms with Crippen LogP contribution < -0.4 is 5.32 Å². The van der Waals surface area contributed by atoms with Gasteiger partial charge < -0.3 is 14.5 Å². The van der Waals surface area contributed by atoms with Crippen LogP contribution in [0.1, 0.15) is 40.1 Å². The third-order valence-electron chi connectivity index (χ3n) is 3.50. The van der Waals surface area contributed by atoms with Crippen LogP contribution in [0.25, 0.3) is 0 Å². The average molecular weight is 355 g/mol. The molecule has 2 aromatic heterocycles. The van der Waals surface area contributed by atoms with E-state index in [1.165, 1.54) is 6.26 Å². The van der Waals surface area contributed by atoms with Crippen LogP contribution in [0.2, 0.25) is 0 Å². The zero-order valence-electron chi connectivity index (χ0n) is 14.1. The molecule has 9 nitrogen and oxygen atoms in total. The highest BCUT2D eigenvalue weighted by Gasteiger charge is 2.12. The van der Waals surface area contributed by atoms with Crippen molar-refractivity contribution < 1.29 is 18.7 Å². The molecule has 0 radical (unpaired) electrons. The molecule has 1 aromatic carbocycles. The van der Waals surface area contributed by atoms with E-state index in [9.17, 15) is 9.59 Å². The maximum atomic E-state index is 12.1. The van der Waals surface area contributed by atoms with Crippen molar-refractivity contribution >= 4 is 17.6 Å². The summed E-state index contributed by atoms with van der Waals surface area (Å²) in [5.41, 5.74) is 0.894. The number of tetrazole rings is 1. The van der Waals surface area contributed by atoms with Gasteiger partial charge in [-0.05, 0) is 53.2 Å². The van der Waals surface area contributed by atoms with E-state index in [4.69, 9.17) is 9.15 Å². The maximum absolute atomic E-state index is 12.1. The molecule has 3 aromatic rings. The van der Waals surface area contributed by atoms with Gasteiger partial charge in [0.15, 0.2) is 18.2 Å². The molecule has 0 saturated carbocycles. The number of ether oxygens (including phenoxy) is 1. The van der Waals surface area contributed by atoms with E-state index >= 15 is 0 Å². The summed E-state index contributed by atoms with van der Waals surface area (Å²) < 4.78 is 11.9. The molecule has 1 amide bonds. The summed E-state index contributed by atoms with van der Waals surface area (Å²) in [6.07, 6.45) is 2.29. The van der Waals surface area contributed by atoms with Crippen LogP contribution in [0.4, 0.5) is 5.69 Å². The highest BCUT2D eigenvalue weighted by Crippen LogP contribution is 2.13. The van der Waals surface area contributed by atoms with Crippen molar-refractivity contribution in [1.29, 1.82) is 0 Å². The van der Waals surface area contributed by atoms with Crippen molar-refractivity contribution in [3.8, 4) is 0 Å². The lowest BCUT2D eigenvalue weighted by atomic mass is 10.2. The van der Waals surface area contributed by atoms with Crippen LogP contribution in [-0.4, -0.2) is 32.1 Å². The number of nitrogens with one attached hydrogen (secondary N) is 1. The van der Waals surface area contributed by atoms with Gasteiger partial charge in [-0.1, -0.05) is 6.92 Å². The molecular formula is C17H17N5O4. The fourth-order valence-corrected chi connectivity index (χ4v) is 2.22. The SMILES string of the molecule is CCCn1nnnc1COC(=O)c1ccc(NC(=O)c2ccco2)cc1. The Morgan fingerprint density at radius 1 is 1.23 bits per heavy atom. The second-order valence-electron chi connectivity index (χ2n) is 5.40. The molecule has 9 heteroatoms. The molecule has 134 valence electrons. The van der Waals surface area contributed by atoms with Gasteiger partial charge in [0, 0.05) is 12.2 Å². The number of carbonyl (C=O) groups is 2. The minimum Gasteiger partial charge on any atom is -0.459 e. The number of rotatable bonds is 7. The molecule has 0 saturated heterocycles. The quantitative estimate of drug-likeness (QED) is 0.647. The Kier molecular flexibility index (Phi) is 5.37. The van der Waals surface area contributed by atoms with E-state index in [0.29, 0.717) is 23.6 Å². The number of esters is 1. The molecule has 0 bridgehead atoms. The average Bonchev–Trinajstić information content (AvgIpc) is 3.33. The van der Waals surface area contributed by atoms with Crippen molar-refractivity contribution in [2.24, 2.45) is 0 Å². The predicted octanol–water partition coefficient (Wildman–Crippen LogP) is 2.29. The molecule has 0 atom stereocenters. The van der Waals surface area contributed by atoms with Gasteiger partial charge in [0.1, 0.15) is 0 Å². The lowest BCUT2D eigenvalue weighted by molar-refractivity contribution is 0.0456. The molecule has 26 heavy (non-hydrogen) atoms. The van der Waals surface area contributed by atoms with E-state index in [2.05, 4.69) is 20.8 Å². The second-order valence-corrected chi connectivity index (χ2v) is 5.40. The summed E-state index contributed by atoms with van der Waals surface area (Å²) in [4.78, 5) is 24.0.